The molecule has 14 nitrogen and oxygen atoms in total. The zero-order valence-corrected chi connectivity index (χ0v) is 35.2. The topological polar surface area (TPSA) is 181 Å². The van der Waals surface area contributed by atoms with Crippen molar-refractivity contribution in [3.63, 3.8) is 0 Å². The fourth-order valence-electron chi connectivity index (χ4n) is 7.53. The number of rotatable bonds is 19. The molecule has 0 spiro atoms. The summed E-state index contributed by atoms with van der Waals surface area (Å²) in [6.07, 6.45) is -0.667. The summed E-state index contributed by atoms with van der Waals surface area (Å²) in [5.41, 5.74) is 3.49. The lowest BCUT2D eigenvalue weighted by Crippen LogP contribution is -2.61. The van der Waals surface area contributed by atoms with Crippen LogP contribution in [0.4, 0.5) is 4.79 Å². The van der Waals surface area contributed by atoms with Crippen LogP contribution in [0.25, 0.3) is 11.1 Å². The highest BCUT2D eigenvalue weighted by atomic mass is 16.6. The van der Waals surface area contributed by atoms with E-state index in [-0.39, 0.29) is 57.0 Å². The number of aliphatic carboxylic acids is 1. The zero-order chi connectivity index (χ0) is 42.7. The van der Waals surface area contributed by atoms with Crippen molar-refractivity contribution in [2.75, 3.05) is 32.8 Å². The van der Waals surface area contributed by atoms with Gasteiger partial charge in [-0.05, 0) is 67.7 Å². The highest BCUT2D eigenvalue weighted by Crippen LogP contribution is 2.44. The Morgan fingerprint density at radius 1 is 0.897 bits per heavy atom. The van der Waals surface area contributed by atoms with E-state index < -0.39 is 72.1 Å². The Hall–Kier alpha value is -4.98. The van der Waals surface area contributed by atoms with Gasteiger partial charge in [0.15, 0.2) is 0 Å². The first-order chi connectivity index (χ1) is 27.4. The minimum absolute atomic E-state index is 0.0200. The van der Waals surface area contributed by atoms with E-state index in [0.29, 0.717) is 19.3 Å². The summed E-state index contributed by atoms with van der Waals surface area (Å²) >= 11 is 0. The number of piperazine rings is 1. The highest BCUT2D eigenvalue weighted by Gasteiger charge is 2.39. The lowest BCUT2D eigenvalue weighted by Gasteiger charge is -2.38. The molecule has 1 aliphatic carbocycles. The van der Waals surface area contributed by atoms with Gasteiger partial charge in [-0.25, -0.2) is 4.79 Å². The van der Waals surface area contributed by atoms with Crippen LogP contribution in [0.1, 0.15) is 105 Å². The Morgan fingerprint density at radius 3 is 2.05 bits per heavy atom. The number of carboxylic acids is 1. The third-order valence-electron chi connectivity index (χ3n) is 10.6. The number of benzene rings is 2. The fourth-order valence-corrected chi connectivity index (χ4v) is 7.53. The van der Waals surface area contributed by atoms with E-state index in [1.807, 2.05) is 76.2 Å². The molecule has 318 valence electrons. The number of esters is 2. The van der Waals surface area contributed by atoms with E-state index >= 15 is 0 Å². The maximum atomic E-state index is 14.2. The number of carbonyl (C=O) groups is 6. The van der Waals surface area contributed by atoms with Gasteiger partial charge in [0, 0.05) is 31.6 Å². The van der Waals surface area contributed by atoms with Gasteiger partial charge in [-0.2, -0.15) is 0 Å². The van der Waals surface area contributed by atoms with E-state index in [9.17, 15) is 33.9 Å². The van der Waals surface area contributed by atoms with Gasteiger partial charge in [0.1, 0.15) is 36.9 Å². The van der Waals surface area contributed by atoms with Gasteiger partial charge in [-0.15, -0.1) is 0 Å². The normalized spacial score (nSPS) is 16.7. The molecule has 0 radical (unpaired) electrons. The summed E-state index contributed by atoms with van der Waals surface area (Å²) in [6.45, 7) is 14.7. The molecule has 3 amide bonds. The molecule has 4 rings (SSSR count). The van der Waals surface area contributed by atoms with Crippen LogP contribution in [0.15, 0.2) is 48.5 Å². The van der Waals surface area contributed by atoms with E-state index in [4.69, 9.17) is 14.2 Å². The number of amides is 3. The Morgan fingerprint density at radius 2 is 1.52 bits per heavy atom. The molecule has 2 aromatic rings. The first-order valence-corrected chi connectivity index (χ1v) is 20.5. The number of hydrogen-bond donors (Lipinski definition) is 3. The maximum Gasteiger partial charge on any atom is 0.410 e. The standard InChI is InChI=1S/C44H62N4O10/c1-9-28(5)40(42(54)57-30(10-2)22-38(50)51)45-24-29(21-27(3)4)46-41(53)36(23-39(52)58-44(6,7)8)48-20-19-47(25-37(48)49)43(55)56-26-35-33-17-13-11-15-31(33)32-16-12-14-18-34(32)35/h11-18,27-30,35-36,40,45H,9-10,19-26H2,1-8H3,(H,46,53)(H,50,51)/t28?,29-,30?,36+,40+/m1/s1. The van der Waals surface area contributed by atoms with Crippen molar-refractivity contribution in [3.05, 3.63) is 59.7 Å². The van der Waals surface area contributed by atoms with Crippen LogP contribution in [0, 0.1) is 11.8 Å². The molecule has 0 saturated carbocycles. The quantitative estimate of drug-likeness (QED) is 0.120. The average molecular weight is 807 g/mol. The van der Waals surface area contributed by atoms with E-state index in [2.05, 4.69) is 10.6 Å². The molecule has 2 aromatic carbocycles. The first-order valence-electron chi connectivity index (χ1n) is 20.5. The number of ether oxygens (including phenoxy) is 3. The van der Waals surface area contributed by atoms with Gasteiger partial charge >= 0.3 is 24.0 Å². The molecule has 1 aliphatic heterocycles. The molecule has 1 fully saturated rings. The van der Waals surface area contributed by atoms with E-state index in [0.717, 1.165) is 22.3 Å². The van der Waals surface area contributed by atoms with Crippen LogP contribution in [-0.2, 0) is 38.2 Å². The molecule has 1 saturated heterocycles. The molecule has 58 heavy (non-hydrogen) atoms. The summed E-state index contributed by atoms with van der Waals surface area (Å²) in [5, 5.41) is 15.5. The molecule has 2 unspecified atom stereocenters. The molecular weight excluding hydrogens is 745 g/mol. The summed E-state index contributed by atoms with van der Waals surface area (Å²) < 4.78 is 17.0. The van der Waals surface area contributed by atoms with Gasteiger partial charge < -0.3 is 34.9 Å². The van der Waals surface area contributed by atoms with Crippen molar-refractivity contribution >= 4 is 35.8 Å². The third-order valence-corrected chi connectivity index (χ3v) is 10.6. The molecule has 2 aliphatic rings. The Labute approximate surface area is 342 Å². The van der Waals surface area contributed by atoms with Crippen LogP contribution in [0.5, 0.6) is 0 Å². The number of nitrogens with zero attached hydrogens (tertiary/aromatic N) is 2. The van der Waals surface area contributed by atoms with Crippen LogP contribution < -0.4 is 10.6 Å². The second-order valence-electron chi connectivity index (χ2n) is 16.8. The summed E-state index contributed by atoms with van der Waals surface area (Å²) in [4.78, 5) is 81.9. The van der Waals surface area contributed by atoms with Gasteiger partial charge in [-0.3, -0.25) is 28.9 Å². The number of nitrogens with one attached hydrogen (secondary N) is 2. The lowest BCUT2D eigenvalue weighted by molar-refractivity contribution is -0.160. The Kier molecular flexibility index (Phi) is 16.3. The lowest BCUT2D eigenvalue weighted by atomic mass is 9.97. The van der Waals surface area contributed by atoms with Crippen LogP contribution in [0.2, 0.25) is 0 Å². The van der Waals surface area contributed by atoms with Crippen LogP contribution >= 0.6 is 0 Å². The Bertz CT molecular complexity index is 1730. The van der Waals surface area contributed by atoms with Crippen molar-refractivity contribution in [2.45, 2.75) is 123 Å². The summed E-state index contributed by atoms with van der Waals surface area (Å²) in [7, 11) is 0. The fraction of sp³-hybridized carbons (Fsp3) is 0.591. The van der Waals surface area contributed by atoms with Gasteiger partial charge in [0.2, 0.25) is 11.8 Å². The second-order valence-corrected chi connectivity index (χ2v) is 16.8. The molecular formula is C44H62N4O10. The van der Waals surface area contributed by atoms with Gasteiger partial charge in [-0.1, -0.05) is 89.6 Å². The minimum Gasteiger partial charge on any atom is -0.481 e. The predicted molar refractivity (Wildman–Crippen MR) is 218 cm³/mol. The molecule has 1 heterocycles. The summed E-state index contributed by atoms with van der Waals surface area (Å²) in [6, 6.07) is 13.5. The van der Waals surface area contributed by atoms with E-state index in [1.165, 1.54) is 9.80 Å². The Balaban J connectivity index is 1.46. The zero-order valence-electron chi connectivity index (χ0n) is 35.2. The number of carboxylic acid groups (broad SMARTS) is 1. The van der Waals surface area contributed by atoms with Crippen LogP contribution in [0.3, 0.4) is 0 Å². The van der Waals surface area contributed by atoms with Crippen molar-refractivity contribution in [2.24, 2.45) is 11.8 Å². The van der Waals surface area contributed by atoms with Crippen molar-refractivity contribution in [1.29, 1.82) is 0 Å². The molecule has 0 bridgehead atoms. The second kappa shape index (κ2) is 20.6. The summed E-state index contributed by atoms with van der Waals surface area (Å²) in [5.74, 6) is -3.59. The monoisotopic (exact) mass is 806 g/mol. The van der Waals surface area contributed by atoms with Gasteiger partial charge in [0.25, 0.3) is 0 Å². The maximum absolute atomic E-state index is 14.2. The smallest absolute Gasteiger partial charge is 0.410 e. The minimum atomic E-state index is -1.24. The van der Waals surface area contributed by atoms with Crippen LogP contribution in [-0.4, -0.2) is 113 Å². The first kappa shape index (κ1) is 45.7. The molecule has 3 N–H and O–H groups in total. The third kappa shape index (κ3) is 12.5. The number of carbonyl (C=O) groups excluding carboxylic acids is 5. The molecule has 0 aromatic heterocycles. The SMILES string of the molecule is CCC(CC(=O)O)OC(=O)[C@@H](NC[C@@H](CC(C)C)NC(=O)[C@H](CC(=O)OC(C)(C)C)N1CCN(C(=O)OCC2c3ccccc3-c3ccccc32)CC1=O)C(C)CC. The number of hydrogen-bond acceptors (Lipinski definition) is 10. The van der Waals surface area contributed by atoms with Crippen molar-refractivity contribution in [3.8, 4) is 11.1 Å². The molecule has 14 heteroatoms. The molecule has 5 atom stereocenters. The van der Waals surface area contributed by atoms with Gasteiger partial charge in [0.05, 0.1) is 12.8 Å². The van der Waals surface area contributed by atoms with Crippen molar-refractivity contribution < 1.29 is 48.1 Å². The van der Waals surface area contributed by atoms with E-state index in [1.54, 1.807) is 27.7 Å². The number of fused-ring (bicyclic) bond motifs is 3. The average Bonchev–Trinajstić information content (AvgIpc) is 3.47. The predicted octanol–water partition coefficient (Wildman–Crippen LogP) is 5.51. The van der Waals surface area contributed by atoms with Crippen molar-refractivity contribution in [1.82, 2.24) is 20.4 Å². The highest BCUT2D eigenvalue weighted by molar-refractivity contribution is 5.93. The largest absolute Gasteiger partial charge is 0.481 e.